The van der Waals surface area contributed by atoms with Crippen LogP contribution in [0.15, 0.2) is 18.2 Å². The van der Waals surface area contributed by atoms with Crippen molar-refractivity contribution in [3.05, 3.63) is 35.4 Å². The van der Waals surface area contributed by atoms with Gasteiger partial charge in [-0.05, 0) is 43.9 Å². The Balaban J connectivity index is 1.41. The fraction of sp³-hybridized carbons (Fsp3) is 0.591. The summed E-state index contributed by atoms with van der Waals surface area (Å²) in [6.45, 7) is 5.36. The Hall–Kier alpha value is -2.53. The maximum Gasteiger partial charge on any atom is 0.240 e. The molecule has 3 fully saturated rings. The van der Waals surface area contributed by atoms with Gasteiger partial charge in [0, 0.05) is 37.7 Å². The molecule has 3 saturated heterocycles. The van der Waals surface area contributed by atoms with E-state index in [0.717, 1.165) is 18.9 Å². The molecule has 0 radical (unpaired) electrons. The van der Waals surface area contributed by atoms with Gasteiger partial charge in [0.1, 0.15) is 17.7 Å². The summed E-state index contributed by atoms with van der Waals surface area (Å²) in [6.07, 6.45) is 2.22. The molecule has 3 aliphatic heterocycles. The van der Waals surface area contributed by atoms with Crippen molar-refractivity contribution in [2.45, 2.75) is 57.3 Å². The van der Waals surface area contributed by atoms with E-state index < -0.39 is 17.7 Å². The maximum absolute atomic E-state index is 13.6. The quantitative estimate of drug-likeness (QED) is 0.740. The van der Waals surface area contributed by atoms with Crippen LogP contribution in [0.2, 0.25) is 0 Å². The highest BCUT2D eigenvalue weighted by molar-refractivity contribution is 5.86. The standard InChI is InChI=1S/C22H26F2N4O2/c1-13(21(29)27-5-3-4-18(27)10-25)11-26-12-19-9-20(26)22(30)28(19)14(2)15-6-16(23)8-17(24)7-15/h6-8,13-14,18-20H,3-5,9,11-12H2,1-2H3/t13-,14+,18-,19?,20+/m0/s1. The van der Waals surface area contributed by atoms with Gasteiger partial charge in [-0.1, -0.05) is 6.92 Å². The molecule has 4 rings (SSSR count). The molecule has 3 aliphatic rings. The first-order chi connectivity index (χ1) is 14.3. The number of carbonyl (C=O) groups is 2. The second-order valence-electron chi connectivity index (χ2n) is 8.70. The molecule has 160 valence electrons. The Morgan fingerprint density at radius 1 is 1.27 bits per heavy atom. The lowest BCUT2D eigenvalue weighted by molar-refractivity contribution is -0.142. The van der Waals surface area contributed by atoms with Gasteiger partial charge >= 0.3 is 0 Å². The van der Waals surface area contributed by atoms with Crippen molar-refractivity contribution in [2.75, 3.05) is 19.6 Å². The molecule has 2 amide bonds. The Labute approximate surface area is 175 Å². The van der Waals surface area contributed by atoms with Crippen LogP contribution in [-0.2, 0) is 9.59 Å². The lowest BCUT2D eigenvalue weighted by atomic mass is 10.0. The van der Waals surface area contributed by atoms with Crippen LogP contribution in [0.3, 0.4) is 0 Å². The number of rotatable bonds is 5. The van der Waals surface area contributed by atoms with Crippen molar-refractivity contribution in [1.82, 2.24) is 14.7 Å². The molecule has 0 saturated carbocycles. The van der Waals surface area contributed by atoms with Crippen LogP contribution in [0.4, 0.5) is 8.78 Å². The minimum absolute atomic E-state index is 0.0327. The Bertz CT molecular complexity index is 881. The summed E-state index contributed by atoms with van der Waals surface area (Å²) in [6, 6.07) is 4.45. The van der Waals surface area contributed by atoms with Crippen LogP contribution < -0.4 is 0 Å². The average molecular weight is 416 g/mol. The molecule has 1 unspecified atom stereocenters. The molecule has 1 aromatic rings. The molecule has 0 N–H and O–H groups in total. The third-order valence-corrected chi connectivity index (χ3v) is 6.71. The number of likely N-dealkylation sites (tertiary alicyclic amines) is 3. The Morgan fingerprint density at radius 3 is 2.60 bits per heavy atom. The van der Waals surface area contributed by atoms with Crippen molar-refractivity contribution in [2.24, 2.45) is 5.92 Å². The van der Waals surface area contributed by atoms with Crippen molar-refractivity contribution < 1.29 is 18.4 Å². The number of carbonyl (C=O) groups excluding carboxylic acids is 2. The fourth-order valence-corrected chi connectivity index (χ4v) is 5.25. The van der Waals surface area contributed by atoms with Crippen LogP contribution in [0.5, 0.6) is 0 Å². The molecule has 3 heterocycles. The molecule has 6 nitrogen and oxygen atoms in total. The van der Waals surface area contributed by atoms with Gasteiger partial charge in [0.2, 0.25) is 11.8 Å². The van der Waals surface area contributed by atoms with Crippen LogP contribution in [0, 0.1) is 28.9 Å². The van der Waals surface area contributed by atoms with Gasteiger partial charge in [-0.3, -0.25) is 14.5 Å². The summed E-state index contributed by atoms with van der Waals surface area (Å²) in [4.78, 5) is 31.3. The van der Waals surface area contributed by atoms with Gasteiger partial charge in [-0.25, -0.2) is 8.78 Å². The fourth-order valence-electron chi connectivity index (χ4n) is 5.25. The highest BCUT2D eigenvalue weighted by atomic mass is 19.1. The van der Waals surface area contributed by atoms with Gasteiger partial charge in [0.25, 0.3) is 0 Å². The van der Waals surface area contributed by atoms with E-state index in [0.29, 0.717) is 31.6 Å². The minimum Gasteiger partial charge on any atom is -0.330 e. The van der Waals surface area contributed by atoms with E-state index in [1.165, 1.54) is 12.1 Å². The van der Waals surface area contributed by atoms with E-state index in [4.69, 9.17) is 0 Å². The van der Waals surface area contributed by atoms with Crippen LogP contribution >= 0.6 is 0 Å². The van der Waals surface area contributed by atoms with Crippen LogP contribution in [0.25, 0.3) is 0 Å². The van der Waals surface area contributed by atoms with E-state index in [2.05, 4.69) is 6.07 Å². The summed E-state index contributed by atoms with van der Waals surface area (Å²) in [5, 5.41) is 9.23. The van der Waals surface area contributed by atoms with Crippen molar-refractivity contribution in [1.29, 1.82) is 5.26 Å². The summed E-state index contributed by atoms with van der Waals surface area (Å²) >= 11 is 0. The minimum atomic E-state index is -0.653. The second-order valence-corrected chi connectivity index (χ2v) is 8.70. The molecular formula is C22H26F2N4O2. The average Bonchev–Trinajstić information content (AvgIpc) is 3.40. The van der Waals surface area contributed by atoms with E-state index in [9.17, 15) is 23.6 Å². The third-order valence-electron chi connectivity index (χ3n) is 6.71. The van der Waals surface area contributed by atoms with Gasteiger partial charge < -0.3 is 9.80 Å². The highest BCUT2D eigenvalue weighted by Gasteiger charge is 2.51. The zero-order chi connectivity index (χ0) is 21.6. The number of hydrogen-bond donors (Lipinski definition) is 0. The first kappa shape index (κ1) is 20.7. The lowest BCUT2D eigenvalue weighted by Gasteiger charge is -2.38. The summed E-state index contributed by atoms with van der Waals surface area (Å²) in [5.41, 5.74) is 0.445. The molecule has 30 heavy (non-hydrogen) atoms. The monoisotopic (exact) mass is 416 g/mol. The van der Waals surface area contributed by atoms with Gasteiger partial charge in [0.05, 0.1) is 18.2 Å². The normalized spacial score (nSPS) is 28.1. The molecular weight excluding hydrogens is 390 g/mol. The van der Waals surface area contributed by atoms with Gasteiger partial charge in [-0.15, -0.1) is 0 Å². The van der Waals surface area contributed by atoms with Crippen molar-refractivity contribution in [3.63, 3.8) is 0 Å². The number of nitriles is 1. The summed E-state index contributed by atoms with van der Waals surface area (Å²) < 4.78 is 27.2. The zero-order valence-electron chi connectivity index (χ0n) is 17.2. The number of nitrogens with zero attached hydrogens (tertiary/aromatic N) is 4. The topological polar surface area (TPSA) is 67.7 Å². The number of fused-ring (bicyclic) bond motifs is 2. The predicted molar refractivity (Wildman–Crippen MR) is 105 cm³/mol. The number of halogens is 2. The first-order valence-corrected chi connectivity index (χ1v) is 10.5. The summed E-state index contributed by atoms with van der Waals surface area (Å²) in [7, 11) is 0. The largest absolute Gasteiger partial charge is 0.330 e. The van der Waals surface area contributed by atoms with E-state index >= 15 is 0 Å². The molecule has 0 aromatic heterocycles. The number of piperazine rings is 1. The third kappa shape index (κ3) is 3.56. The maximum atomic E-state index is 13.6. The molecule has 0 spiro atoms. The Kier molecular flexibility index (Phi) is 5.49. The second kappa shape index (κ2) is 7.95. The van der Waals surface area contributed by atoms with E-state index in [-0.39, 0.29) is 35.9 Å². The smallest absolute Gasteiger partial charge is 0.240 e. The van der Waals surface area contributed by atoms with Gasteiger partial charge in [0.15, 0.2) is 0 Å². The first-order valence-electron chi connectivity index (χ1n) is 10.5. The SMILES string of the molecule is C[C@H](c1cc(F)cc(F)c1)N1C(=O)[C@H]2CC1CN2C[C@H](C)C(=O)N1CCC[C@H]1C#N. The molecule has 1 aromatic carbocycles. The Morgan fingerprint density at radius 2 is 1.97 bits per heavy atom. The van der Waals surface area contributed by atoms with E-state index in [1.807, 2.05) is 11.8 Å². The number of amides is 2. The van der Waals surface area contributed by atoms with Crippen LogP contribution in [-0.4, -0.2) is 64.3 Å². The van der Waals surface area contributed by atoms with Gasteiger partial charge in [-0.2, -0.15) is 5.26 Å². The zero-order valence-corrected chi connectivity index (χ0v) is 17.2. The number of benzene rings is 1. The lowest BCUT2D eigenvalue weighted by Crippen LogP contribution is -2.53. The molecule has 8 heteroatoms. The van der Waals surface area contributed by atoms with E-state index in [1.54, 1.807) is 16.7 Å². The molecule has 2 bridgehead atoms. The highest BCUT2D eigenvalue weighted by Crippen LogP contribution is 2.38. The van der Waals surface area contributed by atoms with Crippen molar-refractivity contribution >= 4 is 11.8 Å². The van der Waals surface area contributed by atoms with Crippen molar-refractivity contribution in [3.8, 4) is 6.07 Å². The molecule has 5 atom stereocenters. The predicted octanol–water partition coefficient (Wildman–Crippen LogP) is 2.46. The number of hydrogen-bond acceptors (Lipinski definition) is 4. The summed E-state index contributed by atoms with van der Waals surface area (Å²) in [5.74, 6) is -1.69. The van der Waals surface area contributed by atoms with Crippen LogP contribution in [0.1, 0.15) is 44.7 Å². The molecule has 0 aliphatic carbocycles.